The van der Waals surface area contributed by atoms with Crippen molar-refractivity contribution in [2.24, 2.45) is 0 Å². The molecule has 4 heteroatoms. The first kappa shape index (κ1) is 12.5. The molecule has 15 heavy (non-hydrogen) atoms. The van der Waals surface area contributed by atoms with Gasteiger partial charge < -0.3 is 14.8 Å². The van der Waals surface area contributed by atoms with Crippen LogP contribution in [0.2, 0.25) is 0 Å². The molecule has 1 heterocycles. The maximum Gasteiger partial charge on any atom is 0.129 e. The Bertz CT molecular complexity index is 275. The van der Waals surface area contributed by atoms with Crippen molar-refractivity contribution in [2.45, 2.75) is 19.4 Å². The second-order valence-electron chi connectivity index (χ2n) is 3.31. The zero-order chi connectivity index (χ0) is 11.1. The van der Waals surface area contributed by atoms with Crippen LogP contribution < -0.4 is 10.1 Å². The van der Waals surface area contributed by atoms with Crippen molar-refractivity contribution in [3.63, 3.8) is 0 Å². The van der Waals surface area contributed by atoms with Gasteiger partial charge in [-0.25, -0.2) is 0 Å². The van der Waals surface area contributed by atoms with E-state index in [1.807, 2.05) is 12.4 Å². The first-order valence-electron chi connectivity index (χ1n) is 5.19. The fraction of sp³-hybridized carbons (Fsp3) is 0.636. The molecule has 1 atom stereocenters. The van der Waals surface area contributed by atoms with E-state index in [0.29, 0.717) is 6.61 Å². The third-order valence-corrected chi connectivity index (χ3v) is 3.18. The molecule has 0 saturated carbocycles. The average molecular weight is 229 g/mol. The first-order chi connectivity index (χ1) is 7.31. The highest BCUT2D eigenvalue weighted by Gasteiger charge is 2.12. The summed E-state index contributed by atoms with van der Waals surface area (Å²) in [4.78, 5) is 1.26. The smallest absolute Gasteiger partial charge is 0.129 e. The first-order valence-corrected chi connectivity index (χ1v) is 6.07. The van der Waals surface area contributed by atoms with E-state index in [1.54, 1.807) is 18.4 Å². The maximum atomic E-state index is 5.54. The molecule has 1 rings (SSSR count). The number of ether oxygens (including phenoxy) is 2. The second-order valence-corrected chi connectivity index (χ2v) is 4.25. The van der Waals surface area contributed by atoms with Crippen molar-refractivity contribution in [1.82, 2.24) is 5.32 Å². The van der Waals surface area contributed by atoms with Gasteiger partial charge in [0.25, 0.3) is 0 Å². The Morgan fingerprint density at radius 2 is 2.33 bits per heavy atom. The summed E-state index contributed by atoms with van der Waals surface area (Å²) in [5, 5.41) is 5.26. The van der Waals surface area contributed by atoms with Gasteiger partial charge in [0.15, 0.2) is 0 Å². The number of thiophene rings is 1. The van der Waals surface area contributed by atoms with E-state index >= 15 is 0 Å². The summed E-state index contributed by atoms with van der Waals surface area (Å²) in [6.45, 7) is 3.65. The number of likely N-dealkylation sites (N-methyl/N-ethyl adjacent to an activating group) is 1. The summed E-state index contributed by atoms with van der Waals surface area (Å²) in [7, 11) is 3.64. The van der Waals surface area contributed by atoms with Gasteiger partial charge in [0.2, 0.25) is 0 Å². The van der Waals surface area contributed by atoms with Crippen LogP contribution >= 0.6 is 11.3 Å². The summed E-state index contributed by atoms with van der Waals surface area (Å²) in [6, 6.07) is 2.33. The summed E-state index contributed by atoms with van der Waals surface area (Å²) < 4.78 is 10.7. The Labute approximate surface area is 95.4 Å². The third kappa shape index (κ3) is 3.81. The minimum absolute atomic E-state index is 0.269. The van der Waals surface area contributed by atoms with Crippen LogP contribution in [0.1, 0.15) is 24.3 Å². The monoisotopic (exact) mass is 229 g/mol. The van der Waals surface area contributed by atoms with E-state index in [4.69, 9.17) is 9.47 Å². The van der Waals surface area contributed by atoms with Gasteiger partial charge in [0, 0.05) is 16.9 Å². The molecule has 0 aliphatic rings. The van der Waals surface area contributed by atoms with Crippen LogP contribution in [0.5, 0.6) is 5.75 Å². The molecule has 0 spiro atoms. The fourth-order valence-electron chi connectivity index (χ4n) is 1.28. The average Bonchev–Trinajstić information content (AvgIpc) is 2.73. The molecule has 1 aromatic heterocycles. The summed E-state index contributed by atoms with van der Waals surface area (Å²) in [6.07, 6.45) is 1.06. The molecule has 0 fully saturated rings. The summed E-state index contributed by atoms with van der Waals surface area (Å²) in [5.41, 5.74) is 0. The Hall–Kier alpha value is -0.580. The highest BCUT2D eigenvalue weighted by Crippen LogP contribution is 2.26. The number of hydrogen-bond donors (Lipinski definition) is 1. The molecule has 0 bridgehead atoms. The van der Waals surface area contributed by atoms with Crippen molar-refractivity contribution in [1.29, 1.82) is 0 Å². The van der Waals surface area contributed by atoms with Gasteiger partial charge in [-0.15, -0.1) is 11.3 Å². The number of hydrogen-bond acceptors (Lipinski definition) is 4. The second kappa shape index (κ2) is 6.82. The number of rotatable bonds is 7. The van der Waals surface area contributed by atoms with Gasteiger partial charge in [-0.1, -0.05) is 6.92 Å². The Morgan fingerprint density at radius 1 is 1.53 bits per heavy atom. The molecule has 1 N–H and O–H groups in total. The van der Waals surface area contributed by atoms with Crippen LogP contribution in [-0.2, 0) is 4.74 Å². The zero-order valence-electron chi connectivity index (χ0n) is 9.58. The van der Waals surface area contributed by atoms with Gasteiger partial charge >= 0.3 is 0 Å². The number of methoxy groups -OCH3 is 1. The predicted octanol–water partition coefficient (Wildman–Crippen LogP) is 2.44. The Kier molecular flexibility index (Phi) is 5.68. The van der Waals surface area contributed by atoms with Crippen molar-refractivity contribution in [3.05, 3.63) is 16.3 Å². The van der Waals surface area contributed by atoms with Crippen molar-refractivity contribution in [2.75, 3.05) is 27.4 Å². The van der Waals surface area contributed by atoms with E-state index in [-0.39, 0.29) is 6.04 Å². The lowest BCUT2D eigenvalue weighted by Crippen LogP contribution is -2.21. The molecule has 0 saturated heterocycles. The molecule has 0 amide bonds. The largest absolute Gasteiger partial charge is 0.496 e. The van der Waals surface area contributed by atoms with E-state index in [2.05, 4.69) is 18.3 Å². The topological polar surface area (TPSA) is 30.5 Å². The van der Waals surface area contributed by atoms with Gasteiger partial charge in [-0.2, -0.15) is 0 Å². The van der Waals surface area contributed by atoms with Gasteiger partial charge in [-0.3, -0.25) is 0 Å². The summed E-state index contributed by atoms with van der Waals surface area (Å²) in [5.74, 6) is 0.922. The van der Waals surface area contributed by atoms with Crippen LogP contribution in [0.25, 0.3) is 0 Å². The maximum absolute atomic E-state index is 5.54. The molecule has 3 nitrogen and oxygen atoms in total. The predicted molar refractivity (Wildman–Crippen MR) is 63.8 cm³/mol. The molecule has 0 radical (unpaired) electrons. The molecular formula is C11H19NO2S. The minimum atomic E-state index is 0.269. The lowest BCUT2D eigenvalue weighted by Gasteiger charge is -2.14. The van der Waals surface area contributed by atoms with Crippen molar-refractivity contribution < 1.29 is 9.47 Å². The van der Waals surface area contributed by atoms with Gasteiger partial charge in [-0.05, 0) is 19.5 Å². The van der Waals surface area contributed by atoms with Crippen molar-refractivity contribution in [3.8, 4) is 5.75 Å². The van der Waals surface area contributed by atoms with E-state index < -0.39 is 0 Å². The van der Waals surface area contributed by atoms with Crippen LogP contribution in [0.3, 0.4) is 0 Å². The third-order valence-electron chi connectivity index (χ3n) is 2.16. The standard InChI is InChI=1S/C11H19NO2S/c1-4-5-14-7-10(12-2)11-6-9(13-3)8-15-11/h6,8,10,12H,4-5,7H2,1-3H3. The Balaban J connectivity index is 2.49. The molecular weight excluding hydrogens is 210 g/mol. The van der Waals surface area contributed by atoms with Crippen LogP contribution in [-0.4, -0.2) is 27.4 Å². The van der Waals surface area contributed by atoms with Crippen LogP contribution in [0.4, 0.5) is 0 Å². The molecule has 0 aliphatic heterocycles. The van der Waals surface area contributed by atoms with Crippen molar-refractivity contribution >= 4 is 11.3 Å². The molecule has 0 aromatic carbocycles. The fourth-order valence-corrected chi connectivity index (χ4v) is 2.23. The summed E-state index contributed by atoms with van der Waals surface area (Å²) >= 11 is 1.70. The molecule has 0 aliphatic carbocycles. The Morgan fingerprint density at radius 3 is 2.87 bits per heavy atom. The molecule has 1 aromatic rings. The lowest BCUT2D eigenvalue weighted by atomic mass is 10.2. The molecule has 86 valence electrons. The van der Waals surface area contributed by atoms with Gasteiger partial charge in [0.05, 0.1) is 19.8 Å². The van der Waals surface area contributed by atoms with E-state index in [9.17, 15) is 0 Å². The molecule has 1 unspecified atom stereocenters. The van der Waals surface area contributed by atoms with E-state index in [1.165, 1.54) is 4.88 Å². The zero-order valence-corrected chi connectivity index (χ0v) is 10.4. The van der Waals surface area contributed by atoms with E-state index in [0.717, 1.165) is 18.8 Å². The highest BCUT2D eigenvalue weighted by molar-refractivity contribution is 7.10. The lowest BCUT2D eigenvalue weighted by molar-refractivity contribution is 0.115. The quantitative estimate of drug-likeness (QED) is 0.728. The SMILES string of the molecule is CCCOCC(NC)c1cc(OC)cs1. The van der Waals surface area contributed by atoms with Crippen LogP contribution in [0.15, 0.2) is 11.4 Å². The number of nitrogens with one attached hydrogen (secondary N) is 1. The minimum Gasteiger partial charge on any atom is -0.496 e. The highest BCUT2D eigenvalue weighted by atomic mass is 32.1. The van der Waals surface area contributed by atoms with Gasteiger partial charge in [0.1, 0.15) is 5.75 Å². The van der Waals surface area contributed by atoms with Crippen LogP contribution in [0, 0.1) is 0 Å². The normalized spacial score (nSPS) is 12.7.